The average molecular weight is 827 g/mol. The number of fused-ring (bicyclic) bond motifs is 10. The molecule has 0 amide bonds. The number of nitrogens with zero attached hydrogens (tertiary/aromatic N) is 2. The molecule has 6 heteroatoms. The Hall–Kier alpha value is -7.96. The molecule has 0 unspecified atom stereocenters. The van der Waals surface area contributed by atoms with Crippen molar-refractivity contribution in [1.29, 1.82) is 0 Å². The van der Waals surface area contributed by atoms with Gasteiger partial charge in [0.25, 0.3) is 0 Å². The summed E-state index contributed by atoms with van der Waals surface area (Å²) in [5.74, 6) is 3.22. The SMILES string of the molecule is C=C.C=C.COc1ccc(N(c2ccc(OC)cc2)c2ccc3c(c2)C2(c4ccccc4-3)c3ccccc3-c3ccc(N(c4ccc(OC)cc4)c4ccc(OC)cc4)cc32)cc1. The summed E-state index contributed by atoms with van der Waals surface area (Å²) < 4.78 is 22.3. The fourth-order valence-corrected chi connectivity index (χ4v) is 9.21. The summed E-state index contributed by atoms with van der Waals surface area (Å²) in [6.45, 7) is 12.0. The molecule has 0 aromatic heterocycles. The van der Waals surface area contributed by atoms with Crippen LogP contribution in [0.25, 0.3) is 22.3 Å². The van der Waals surface area contributed by atoms with Crippen LogP contribution >= 0.6 is 0 Å². The number of benzene rings is 8. The first-order chi connectivity index (χ1) is 31.0. The summed E-state index contributed by atoms with van der Waals surface area (Å²) in [5, 5.41) is 0. The van der Waals surface area contributed by atoms with Crippen LogP contribution in [0.1, 0.15) is 22.3 Å². The van der Waals surface area contributed by atoms with Gasteiger partial charge in [-0.3, -0.25) is 0 Å². The molecular weight excluding hydrogens is 777 g/mol. The molecular formula is C57H50N2O4. The van der Waals surface area contributed by atoms with Gasteiger partial charge >= 0.3 is 0 Å². The van der Waals surface area contributed by atoms with Crippen molar-refractivity contribution in [1.82, 2.24) is 0 Å². The third kappa shape index (κ3) is 7.05. The van der Waals surface area contributed by atoms with Gasteiger partial charge in [-0.25, -0.2) is 0 Å². The average Bonchev–Trinajstić information content (AvgIpc) is 3.83. The summed E-state index contributed by atoms with van der Waals surface area (Å²) in [7, 11) is 6.79. The van der Waals surface area contributed by atoms with E-state index in [2.05, 4.69) is 170 Å². The highest BCUT2D eigenvalue weighted by molar-refractivity contribution is 5.97. The topological polar surface area (TPSA) is 43.4 Å². The van der Waals surface area contributed by atoms with Crippen molar-refractivity contribution >= 4 is 34.1 Å². The monoisotopic (exact) mass is 826 g/mol. The van der Waals surface area contributed by atoms with Gasteiger partial charge in [0.05, 0.1) is 33.9 Å². The Morgan fingerprint density at radius 3 is 0.841 bits per heavy atom. The van der Waals surface area contributed by atoms with Crippen molar-refractivity contribution in [3.05, 3.63) is 231 Å². The Morgan fingerprint density at radius 2 is 0.556 bits per heavy atom. The summed E-state index contributed by atoms with van der Waals surface area (Å²) in [4.78, 5) is 4.62. The van der Waals surface area contributed by atoms with Gasteiger partial charge in [0.1, 0.15) is 23.0 Å². The molecule has 0 fully saturated rings. The lowest BCUT2D eigenvalue weighted by Crippen LogP contribution is -2.26. The van der Waals surface area contributed by atoms with Gasteiger partial charge in [-0.05, 0) is 166 Å². The first-order valence-corrected chi connectivity index (χ1v) is 20.7. The summed E-state index contributed by atoms with van der Waals surface area (Å²) >= 11 is 0. The molecule has 0 saturated heterocycles. The minimum atomic E-state index is -0.596. The van der Waals surface area contributed by atoms with E-state index in [-0.39, 0.29) is 0 Å². The number of ether oxygens (including phenoxy) is 4. The molecule has 8 aromatic carbocycles. The van der Waals surface area contributed by atoms with Crippen molar-refractivity contribution < 1.29 is 18.9 Å². The highest BCUT2D eigenvalue weighted by atomic mass is 16.5. The second kappa shape index (κ2) is 17.9. The van der Waals surface area contributed by atoms with E-state index >= 15 is 0 Å². The van der Waals surface area contributed by atoms with Gasteiger partial charge in [0.15, 0.2) is 0 Å². The van der Waals surface area contributed by atoms with E-state index in [0.717, 1.165) is 57.1 Å². The molecule has 0 radical (unpaired) electrons. The quantitative estimate of drug-likeness (QED) is 0.128. The van der Waals surface area contributed by atoms with Crippen molar-refractivity contribution in [2.24, 2.45) is 0 Å². The molecule has 6 nitrogen and oxygen atoms in total. The van der Waals surface area contributed by atoms with Crippen molar-refractivity contribution in [3.63, 3.8) is 0 Å². The van der Waals surface area contributed by atoms with Gasteiger partial charge in [-0.1, -0.05) is 60.7 Å². The van der Waals surface area contributed by atoms with E-state index in [1.54, 1.807) is 28.4 Å². The predicted octanol–water partition coefficient (Wildman–Crippen LogP) is 14.6. The lowest BCUT2D eigenvalue weighted by molar-refractivity contribution is 0.414. The maximum absolute atomic E-state index is 5.57. The van der Waals surface area contributed by atoms with Crippen LogP contribution in [0.3, 0.4) is 0 Å². The van der Waals surface area contributed by atoms with Crippen LogP contribution in [0.5, 0.6) is 23.0 Å². The zero-order chi connectivity index (χ0) is 44.1. The number of methoxy groups -OCH3 is 4. The van der Waals surface area contributed by atoms with E-state index < -0.39 is 5.41 Å². The molecule has 2 aliphatic rings. The lowest BCUT2D eigenvalue weighted by atomic mass is 9.70. The highest BCUT2D eigenvalue weighted by Gasteiger charge is 2.52. The molecule has 10 rings (SSSR count). The molecule has 8 aromatic rings. The van der Waals surface area contributed by atoms with E-state index in [1.165, 1.54) is 44.5 Å². The maximum atomic E-state index is 5.57. The van der Waals surface area contributed by atoms with Crippen LogP contribution in [0.4, 0.5) is 34.1 Å². The molecule has 2 aliphatic carbocycles. The third-order valence-corrected chi connectivity index (χ3v) is 11.9. The Labute approximate surface area is 371 Å². The molecule has 1 spiro atoms. The van der Waals surface area contributed by atoms with E-state index in [0.29, 0.717) is 0 Å². The molecule has 0 heterocycles. The van der Waals surface area contributed by atoms with E-state index in [1.807, 2.05) is 48.5 Å². The van der Waals surface area contributed by atoms with Crippen LogP contribution < -0.4 is 28.7 Å². The minimum Gasteiger partial charge on any atom is -0.497 e. The molecule has 312 valence electrons. The normalized spacial score (nSPS) is 11.9. The first-order valence-electron chi connectivity index (χ1n) is 20.7. The molecule has 63 heavy (non-hydrogen) atoms. The molecule has 0 N–H and O–H groups in total. The van der Waals surface area contributed by atoms with Crippen molar-refractivity contribution in [3.8, 4) is 45.3 Å². The fourth-order valence-electron chi connectivity index (χ4n) is 9.21. The largest absolute Gasteiger partial charge is 0.497 e. The maximum Gasteiger partial charge on any atom is 0.119 e. The highest BCUT2D eigenvalue weighted by Crippen LogP contribution is 2.64. The van der Waals surface area contributed by atoms with Gasteiger partial charge in [0.2, 0.25) is 0 Å². The van der Waals surface area contributed by atoms with Gasteiger partial charge in [-0.15, -0.1) is 26.3 Å². The minimum absolute atomic E-state index is 0.596. The fraction of sp³-hybridized carbons (Fsp3) is 0.0877. The zero-order valence-corrected chi connectivity index (χ0v) is 36.2. The van der Waals surface area contributed by atoms with Gasteiger partial charge in [0, 0.05) is 34.1 Å². The van der Waals surface area contributed by atoms with Crippen molar-refractivity contribution in [2.45, 2.75) is 5.41 Å². The standard InChI is InChI=1S/C53H42N2O4.2C2H4/c1-56-41-23-13-35(14-24-41)54(36-15-25-42(57-2)26-16-36)39-21-31-47-45-9-5-7-11-49(45)53(51(47)33-39)50-12-8-6-10-46(50)48-32-22-40(34-52(48)53)55(37-17-27-43(58-3)28-18-37)38-19-29-44(59-4)30-20-38;2*1-2/h5-34H,1-4H3;2*1-2H2. The Bertz CT molecular complexity index is 2560. The lowest BCUT2D eigenvalue weighted by Gasteiger charge is -2.33. The first kappa shape index (κ1) is 41.8. The molecule has 0 atom stereocenters. The summed E-state index contributed by atoms with van der Waals surface area (Å²) in [6.07, 6.45) is 0. The van der Waals surface area contributed by atoms with Crippen molar-refractivity contribution in [2.75, 3.05) is 38.2 Å². The van der Waals surface area contributed by atoms with Crippen LogP contribution in [0, 0.1) is 0 Å². The summed E-state index contributed by atoms with van der Waals surface area (Å²) in [6, 6.07) is 64.8. The second-order valence-corrected chi connectivity index (χ2v) is 14.8. The second-order valence-electron chi connectivity index (χ2n) is 14.8. The molecule has 0 bridgehead atoms. The van der Waals surface area contributed by atoms with Crippen LogP contribution in [0.2, 0.25) is 0 Å². The number of anilines is 6. The molecule has 0 saturated carbocycles. The Kier molecular flexibility index (Phi) is 11.9. The van der Waals surface area contributed by atoms with E-state index in [4.69, 9.17) is 18.9 Å². The van der Waals surface area contributed by atoms with Gasteiger partial charge in [-0.2, -0.15) is 0 Å². The van der Waals surface area contributed by atoms with Gasteiger partial charge < -0.3 is 28.7 Å². The predicted molar refractivity (Wildman–Crippen MR) is 261 cm³/mol. The zero-order valence-electron chi connectivity index (χ0n) is 36.2. The van der Waals surface area contributed by atoms with E-state index in [9.17, 15) is 0 Å². The Morgan fingerprint density at radius 1 is 0.302 bits per heavy atom. The summed E-state index contributed by atoms with van der Waals surface area (Å²) in [5.41, 5.74) is 15.5. The number of hydrogen-bond donors (Lipinski definition) is 0. The Balaban J connectivity index is 0.00000132. The van der Waals surface area contributed by atoms with Crippen LogP contribution in [-0.2, 0) is 5.41 Å². The molecule has 0 aliphatic heterocycles. The third-order valence-electron chi connectivity index (χ3n) is 11.9. The number of hydrogen-bond acceptors (Lipinski definition) is 6. The number of rotatable bonds is 10. The van der Waals surface area contributed by atoms with Crippen LogP contribution in [0.15, 0.2) is 208 Å². The smallest absolute Gasteiger partial charge is 0.119 e. The van der Waals surface area contributed by atoms with Crippen LogP contribution in [-0.4, -0.2) is 28.4 Å².